The largest absolute Gasteiger partial charge is 0.307 e. The topological polar surface area (TPSA) is 12.0 Å². The highest BCUT2D eigenvalue weighted by atomic mass is 19.1. The van der Waals surface area contributed by atoms with Gasteiger partial charge in [-0.3, -0.25) is 0 Å². The summed E-state index contributed by atoms with van der Waals surface area (Å²) >= 11 is 0. The Kier molecular flexibility index (Phi) is 4.39. The van der Waals surface area contributed by atoms with Crippen molar-refractivity contribution in [2.24, 2.45) is 11.8 Å². The number of nitrogens with one attached hydrogen (secondary N) is 1. The van der Waals surface area contributed by atoms with E-state index in [1.54, 1.807) is 12.1 Å². The Morgan fingerprint density at radius 3 is 2.61 bits per heavy atom. The fourth-order valence-corrected chi connectivity index (χ4v) is 3.15. The predicted octanol–water partition coefficient (Wildman–Crippen LogP) is 4.30. The minimum absolute atomic E-state index is 0.0899. The molecule has 0 heterocycles. The zero-order valence-corrected chi connectivity index (χ0v) is 11.6. The average Bonchev–Trinajstić information content (AvgIpc) is 2.33. The highest BCUT2D eigenvalue weighted by molar-refractivity contribution is 5.20. The highest BCUT2D eigenvalue weighted by Gasteiger charge is 2.26. The van der Waals surface area contributed by atoms with E-state index in [1.165, 1.54) is 19.3 Å². The number of benzene rings is 1. The Labute approximate surface area is 110 Å². The first-order chi connectivity index (χ1) is 8.58. The molecule has 0 aliphatic heterocycles. The number of hydrogen-bond donors (Lipinski definition) is 1. The van der Waals surface area contributed by atoms with Gasteiger partial charge in [-0.05, 0) is 44.1 Å². The second-order valence-corrected chi connectivity index (χ2v) is 5.91. The van der Waals surface area contributed by atoms with Crippen molar-refractivity contribution in [3.63, 3.8) is 0 Å². The Balaban J connectivity index is 1.99. The molecule has 0 saturated heterocycles. The fraction of sp³-hybridized carbons (Fsp3) is 0.625. The predicted molar refractivity (Wildman–Crippen MR) is 73.9 cm³/mol. The van der Waals surface area contributed by atoms with Crippen LogP contribution in [0, 0.1) is 17.7 Å². The second-order valence-electron chi connectivity index (χ2n) is 5.91. The average molecular weight is 249 g/mol. The van der Waals surface area contributed by atoms with E-state index in [9.17, 15) is 4.39 Å². The van der Waals surface area contributed by atoms with Crippen LogP contribution in [-0.2, 0) is 0 Å². The molecule has 2 rings (SSSR count). The van der Waals surface area contributed by atoms with Gasteiger partial charge in [0.15, 0.2) is 0 Å². The molecule has 0 aromatic heterocycles. The number of rotatable bonds is 3. The van der Waals surface area contributed by atoms with Crippen LogP contribution >= 0.6 is 0 Å². The van der Waals surface area contributed by atoms with Crippen LogP contribution in [0.25, 0.3) is 0 Å². The van der Waals surface area contributed by atoms with E-state index in [0.29, 0.717) is 12.0 Å². The van der Waals surface area contributed by atoms with Gasteiger partial charge in [0.1, 0.15) is 5.82 Å². The Morgan fingerprint density at radius 2 is 1.94 bits per heavy atom. The molecule has 1 nitrogen and oxygen atoms in total. The van der Waals surface area contributed by atoms with Gasteiger partial charge in [-0.1, -0.05) is 32.0 Å². The molecule has 0 spiro atoms. The molecule has 1 aromatic carbocycles. The van der Waals surface area contributed by atoms with Crippen molar-refractivity contribution < 1.29 is 4.39 Å². The Hall–Kier alpha value is -0.890. The normalized spacial score (nSPS) is 30.1. The highest BCUT2D eigenvalue weighted by Crippen LogP contribution is 2.30. The summed E-state index contributed by atoms with van der Waals surface area (Å²) in [5.41, 5.74) is 0.781. The van der Waals surface area contributed by atoms with Gasteiger partial charge in [0, 0.05) is 17.6 Å². The molecule has 1 aromatic rings. The van der Waals surface area contributed by atoms with Crippen LogP contribution in [0.1, 0.15) is 51.6 Å². The zero-order chi connectivity index (χ0) is 13.1. The molecule has 3 unspecified atom stereocenters. The molecular weight excluding hydrogens is 225 g/mol. The van der Waals surface area contributed by atoms with Crippen molar-refractivity contribution in [3.8, 4) is 0 Å². The van der Waals surface area contributed by atoms with Crippen LogP contribution in [0.2, 0.25) is 0 Å². The third-order valence-corrected chi connectivity index (χ3v) is 4.27. The van der Waals surface area contributed by atoms with E-state index in [4.69, 9.17) is 0 Å². The van der Waals surface area contributed by atoms with E-state index in [2.05, 4.69) is 26.1 Å². The van der Waals surface area contributed by atoms with Gasteiger partial charge in [-0.25, -0.2) is 4.39 Å². The third kappa shape index (κ3) is 3.11. The molecule has 0 bridgehead atoms. The molecule has 1 fully saturated rings. The monoisotopic (exact) mass is 249 g/mol. The Bertz CT molecular complexity index is 390. The first kappa shape index (κ1) is 13.5. The molecule has 1 saturated carbocycles. The van der Waals surface area contributed by atoms with Gasteiger partial charge in [0.2, 0.25) is 0 Å². The lowest BCUT2D eigenvalue weighted by Crippen LogP contribution is -2.40. The summed E-state index contributed by atoms with van der Waals surface area (Å²) in [6.45, 7) is 6.69. The van der Waals surface area contributed by atoms with Gasteiger partial charge >= 0.3 is 0 Å². The van der Waals surface area contributed by atoms with Gasteiger partial charge in [0.05, 0.1) is 0 Å². The van der Waals surface area contributed by atoms with Crippen molar-refractivity contribution in [3.05, 3.63) is 35.6 Å². The molecule has 100 valence electrons. The number of hydrogen-bond acceptors (Lipinski definition) is 1. The smallest absolute Gasteiger partial charge is 0.127 e. The fourth-order valence-electron chi connectivity index (χ4n) is 3.15. The maximum Gasteiger partial charge on any atom is 0.127 e. The summed E-state index contributed by atoms with van der Waals surface area (Å²) in [5, 5.41) is 3.61. The molecule has 2 heteroatoms. The molecule has 18 heavy (non-hydrogen) atoms. The van der Waals surface area contributed by atoms with E-state index in [1.807, 2.05) is 12.1 Å². The van der Waals surface area contributed by atoms with E-state index < -0.39 is 0 Å². The van der Waals surface area contributed by atoms with E-state index >= 15 is 0 Å². The summed E-state index contributed by atoms with van der Waals surface area (Å²) in [4.78, 5) is 0. The maximum absolute atomic E-state index is 13.7. The third-order valence-electron chi connectivity index (χ3n) is 4.27. The van der Waals surface area contributed by atoms with E-state index in [-0.39, 0.29) is 11.9 Å². The van der Waals surface area contributed by atoms with Gasteiger partial charge < -0.3 is 5.32 Å². The lowest BCUT2D eigenvalue weighted by molar-refractivity contribution is 0.215. The van der Waals surface area contributed by atoms with Crippen LogP contribution in [0.15, 0.2) is 24.3 Å². The van der Waals surface area contributed by atoms with Crippen LogP contribution in [0.5, 0.6) is 0 Å². The zero-order valence-electron chi connectivity index (χ0n) is 11.6. The minimum atomic E-state index is -0.102. The van der Waals surface area contributed by atoms with Crippen molar-refractivity contribution in [1.82, 2.24) is 5.32 Å². The van der Waals surface area contributed by atoms with Gasteiger partial charge in [-0.2, -0.15) is 0 Å². The van der Waals surface area contributed by atoms with Crippen LogP contribution < -0.4 is 5.32 Å². The van der Waals surface area contributed by atoms with Crippen LogP contribution in [0.4, 0.5) is 4.39 Å². The van der Waals surface area contributed by atoms with Gasteiger partial charge in [0.25, 0.3) is 0 Å². The molecule has 1 aliphatic rings. The lowest BCUT2D eigenvalue weighted by atomic mass is 9.79. The molecule has 0 radical (unpaired) electrons. The van der Waals surface area contributed by atoms with Crippen LogP contribution in [0.3, 0.4) is 0 Å². The summed E-state index contributed by atoms with van der Waals surface area (Å²) in [5.74, 6) is 1.42. The quantitative estimate of drug-likeness (QED) is 0.842. The second kappa shape index (κ2) is 5.83. The number of halogens is 1. The van der Waals surface area contributed by atoms with Crippen LogP contribution in [-0.4, -0.2) is 6.04 Å². The molecular formula is C16H24FN. The maximum atomic E-state index is 13.7. The first-order valence-electron chi connectivity index (χ1n) is 7.08. The van der Waals surface area contributed by atoms with Crippen molar-refractivity contribution in [2.45, 2.75) is 52.1 Å². The van der Waals surface area contributed by atoms with E-state index in [0.717, 1.165) is 11.5 Å². The summed E-state index contributed by atoms with van der Waals surface area (Å²) in [6.07, 6.45) is 3.77. The minimum Gasteiger partial charge on any atom is -0.307 e. The van der Waals surface area contributed by atoms with Gasteiger partial charge in [-0.15, -0.1) is 0 Å². The molecule has 0 amide bonds. The molecule has 4 atom stereocenters. The Morgan fingerprint density at radius 1 is 1.22 bits per heavy atom. The first-order valence-corrected chi connectivity index (χ1v) is 7.08. The summed E-state index contributed by atoms with van der Waals surface area (Å²) < 4.78 is 13.7. The van der Waals surface area contributed by atoms with Crippen molar-refractivity contribution >= 4 is 0 Å². The molecule has 1 N–H and O–H groups in total. The standard InChI is InChI=1S/C16H24FN/c1-11-8-9-16(12(2)10-11)18-13(3)14-6-4-5-7-15(14)17/h4-7,11-13,16,18H,8-10H2,1-3H3/t11?,12?,13-,16?/m1/s1. The van der Waals surface area contributed by atoms with Crippen molar-refractivity contribution in [1.29, 1.82) is 0 Å². The SMILES string of the molecule is CC1CCC(N[C@H](C)c2ccccc2F)C(C)C1. The summed E-state index contributed by atoms with van der Waals surface area (Å²) in [7, 11) is 0. The summed E-state index contributed by atoms with van der Waals surface area (Å²) in [6, 6.07) is 7.69. The lowest BCUT2D eigenvalue weighted by Gasteiger charge is -2.35. The molecule has 1 aliphatic carbocycles. The van der Waals surface area contributed by atoms with Crippen molar-refractivity contribution in [2.75, 3.05) is 0 Å².